The normalized spacial score (nSPS) is 22.9. The highest BCUT2D eigenvalue weighted by molar-refractivity contribution is 5.89. The van der Waals surface area contributed by atoms with E-state index in [0.29, 0.717) is 0 Å². The van der Waals surface area contributed by atoms with Crippen molar-refractivity contribution in [1.29, 1.82) is 0 Å². The number of benzene rings is 1. The molecule has 1 heterocycles. The van der Waals surface area contributed by atoms with Gasteiger partial charge >= 0.3 is 11.9 Å². The van der Waals surface area contributed by atoms with Crippen molar-refractivity contribution in [2.75, 3.05) is 6.54 Å². The molecule has 0 aromatic heterocycles. The zero-order valence-corrected chi connectivity index (χ0v) is 11.0. The Balaban J connectivity index is 2.71. The Morgan fingerprint density at radius 2 is 1.68 bits per heavy atom. The highest BCUT2D eigenvalue weighted by Gasteiger charge is 2.38. The van der Waals surface area contributed by atoms with E-state index in [1.165, 1.54) is 0 Å². The largest absolute Gasteiger partial charge is 0.504 e. The third-order valence-electron chi connectivity index (χ3n) is 2.99. The number of hydrogen-bond donors (Lipinski definition) is 6. The second kappa shape index (κ2) is 5.77. The molecule has 0 amide bonds. The van der Waals surface area contributed by atoms with E-state index < -0.39 is 59.8 Å². The number of phenolic OH excluding ortho intramolecular Hbond substituents is 2. The predicted molar refractivity (Wildman–Crippen MR) is 67.1 cm³/mol. The van der Waals surface area contributed by atoms with Gasteiger partial charge in [-0.05, 0) is 0 Å². The molecule has 0 saturated carbocycles. The Hall–Kier alpha value is -2.40. The van der Waals surface area contributed by atoms with Crippen LogP contribution >= 0.6 is 0 Å². The predicted octanol–water partition coefficient (Wildman–Crippen LogP) is -2.36. The smallest absolute Gasteiger partial charge is 0.343 e. The van der Waals surface area contributed by atoms with Crippen LogP contribution in [0.1, 0.15) is 11.7 Å². The van der Waals surface area contributed by atoms with Crippen LogP contribution in [0.5, 0.6) is 23.0 Å². The van der Waals surface area contributed by atoms with Gasteiger partial charge in [0.05, 0.1) is 11.7 Å². The molecule has 2 unspecified atom stereocenters. The summed E-state index contributed by atoms with van der Waals surface area (Å²) in [6, 6.07) is 0.767. The number of aliphatic hydroxyl groups is 3. The molecule has 3 atom stereocenters. The van der Waals surface area contributed by atoms with Crippen molar-refractivity contribution in [3.8, 4) is 23.0 Å². The molecule has 1 aromatic rings. The van der Waals surface area contributed by atoms with Gasteiger partial charge in [-0.15, -0.1) is 0 Å². The van der Waals surface area contributed by atoms with Crippen molar-refractivity contribution in [3.63, 3.8) is 0 Å². The number of esters is 2. The van der Waals surface area contributed by atoms with Crippen molar-refractivity contribution in [2.45, 2.75) is 18.3 Å². The lowest BCUT2D eigenvalue weighted by Crippen LogP contribution is -2.43. The van der Waals surface area contributed by atoms with E-state index in [2.05, 4.69) is 4.74 Å². The lowest BCUT2D eigenvalue weighted by molar-refractivity contribution is -0.161. The van der Waals surface area contributed by atoms with Crippen molar-refractivity contribution < 1.29 is 44.6 Å². The first-order chi connectivity index (χ1) is 10.3. The summed E-state index contributed by atoms with van der Waals surface area (Å²) in [5.41, 5.74) is 4.90. The van der Waals surface area contributed by atoms with Crippen LogP contribution in [0.15, 0.2) is 6.07 Å². The number of carbonyl (C=O) groups excluding carboxylic acids is 2. The second-order valence-corrected chi connectivity index (χ2v) is 4.47. The van der Waals surface area contributed by atoms with Gasteiger partial charge in [0.15, 0.2) is 23.7 Å². The first-order valence-corrected chi connectivity index (χ1v) is 6.04. The molecule has 0 spiro atoms. The summed E-state index contributed by atoms with van der Waals surface area (Å²) >= 11 is 0. The lowest BCUT2D eigenvalue weighted by atomic mass is 10.1. The summed E-state index contributed by atoms with van der Waals surface area (Å²) < 4.78 is 9.39. The van der Waals surface area contributed by atoms with E-state index in [4.69, 9.17) is 10.5 Å². The maximum Gasteiger partial charge on any atom is 0.343 e. The van der Waals surface area contributed by atoms with E-state index in [9.17, 15) is 35.1 Å². The standard InChI is InChI=1S/C12H13NO9/c13-2-4(15)6-5-1-3(14)7(16)10(6)22-12(20)9(18)8(17)11(19)21-5/h1,4,8-9,14-18H,2,13H2/t4-,8?,9?/m1/s1. The topological polar surface area (TPSA) is 180 Å². The van der Waals surface area contributed by atoms with Gasteiger partial charge in [-0.2, -0.15) is 0 Å². The molecule has 1 aliphatic rings. The number of nitrogens with two attached hydrogens (primary N) is 1. The first-order valence-electron chi connectivity index (χ1n) is 6.04. The molecule has 10 heteroatoms. The van der Waals surface area contributed by atoms with Gasteiger partial charge in [-0.25, -0.2) is 9.59 Å². The quantitative estimate of drug-likeness (QED) is 0.196. The lowest BCUT2D eigenvalue weighted by Gasteiger charge is -2.18. The van der Waals surface area contributed by atoms with Crippen LogP contribution in [-0.4, -0.2) is 56.2 Å². The summed E-state index contributed by atoms with van der Waals surface area (Å²) in [7, 11) is 0. The summed E-state index contributed by atoms with van der Waals surface area (Å²) in [6.45, 7) is -0.398. The minimum Gasteiger partial charge on any atom is -0.504 e. The molecule has 0 aliphatic carbocycles. The number of aliphatic hydroxyl groups excluding tert-OH is 3. The summed E-state index contributed by atoms with van der Waals surface area (Å²) in [5, 5.41) is 48.2. The minimum absolute atomic E-state index is 0.388. The maximum absolute atomic E-state index is 11.7. The molecule has 2 rings (SSSR count). The Labute approximate surface area is 122 Å². The van der Waals surface area contributed by atoms with Crippen LogP contribution in [0, 0.1) is 0 Å². The fourth-order valence-electron chi connectivity index (χ4n) is 1.83. The van der Waals surface area contributed by atoms with Crippen LogP contribution < -0.4 is 15.2 Å². The number of phenols is 2. The number of ether oxygens (including phenoxy) is 2. The van der Waals surface area contributed by atoms with E-state index in [1.807, 2.05) is 0 Å². The highest BCUT2D eigenvalue weighted by atomic mass is 16.6. The fraction of sp³-hybridized carbons (Fsp3) is 0.333. The van der Waals surface area contributed by atoms with Crippen molar-refractivity contribution in [3.05, 3.63) is 11.6 Å². The van der Waals surface area contributed by atoms with Crippen LogP contribution in [0.4, 0.5) is 0 Å². The molecule has 120 valence electrons. The average molecular weight is 315 g/mol. The third kappa shape index (κ3) is 2.55. The van der Waals surface area contributed by atoms with Gasteiger partial charge in [0.1, 0.15) is 5.75 Å². The fourth-order valence-corrected chi connectivity index (χ4v) is 1.83. The van der Waals surface area contributed by atoms with Crippen molar-refractivity contribution in [1.82, 2.24) is 0 Å². The van der Waals surface area contributed by atoms with Gasteiger partial charge in [0, 0.05) is 12.6 Å². The Kier molecular flexibility index (Phi) is 4.19. The molecule has 2 bridgehead atoms. The molecule has 1 aliphatic heterocycles. The molecule has 22 heavy (non-hydrogen) atoms. The van der Waals surface area contributed by atoms with Crippen LogP contribution in [0.2, 0.25) is 0 Å². The molecule has 1 aromatic carbocycles. The first kappa shape index (κ1) is 16.0. The van der Waals surface area contributed by atoms with Crippen molar-refractivity contribution >= 4 is 11.9 Å². The zero-order valence-electron chi connectivity index (χ0n) is 11.0. The average Bonchev–Trinajstić information content (AvgIpc) is 2.51. The van der Waals surface area contributed by atoms with Gasteiger partial charge < -0.3 is 40.7 Å². The molecule has 0 saturated heterocycles. The summed E-state index contributed by atoms with van der Waals surface area (Å²) in [6.07, 6.45) is -6.07. The minimum atomic E-state index is -2.29. The summed E-state index contributed by atoms with van der Waals surface area (Å²) in [5.74, 6) is -5.90. The van der Waals surface area contributed by atoms with E-state index >= 15 is 0 Å². The van der Waals surface area contributed by atoms with Gasteiger partial charge in [0.25, 0.3) is 0 Å². The number of rotatable bonds is 2. The molecular weight excluding hydrogens is 302 g/mol. The Morgan fingerprint density at radius 1 is 1.14 bits per heavy atom. The monoisotopic (exact) mass is 315 g/mol. The van der Waals surface area contributed by atoms with E-state index in [1.54, 1.807) is 0 Å². The molecular formula is C12H13NO9. The Morgan fingerprint density at radius 3 is 2.23 bits per heavy atom. The molecule has 10 nitrogen and oxygen atoms in total. The van der Waals surface area contributed by atoms with Crippen molar-refractivity contribution in [2.24, 2.45) is 5.73 Å². The number of aromatic hydroxyl groups is 2. The van der Waals surface area contributed by atoms with E-state index in [-0.39, 0.29) is 5.56 Å². The molecule has 7 N–H and O–H groups in total. The zero-order chi connectivity index (χ0) is 16.6. The number of hydrogen-bond acceptors (Lipinski definition) is 10. The second-order valence-electron chi connectivity index (χ2n) is 4.47. The SMILES string of the molecule is NC[C@@H](O)c1c2cc(O)c(O)c1OC(=O)C(O)C(O)C(=O)O2. The third-order valence-corrected chi connectivity index (χ3v) is 2.99. The molecule has 0 fully saturated rings. The van der Waals surface area contributed by atoms with Gasteiger partial charge in [-0.3, -0.25) is 0 Å². The maximum atomic E-state index is 11.7. The van der Waals surface area contributed by atoms with Crippen LogP contribution in [0.25, 0.3) is 0 Å². The molecule has 0 radical (unpaired) electrons. The van der Waals surface area contributed by atoms with Crippen LogP contribution in [-0.2, 0) is 9.59 Å². The van der Waals surface area contributed by atoms with Gasteiger partial charge in [-0.1, -0.05) is 0 Å². The van der Waals surface area contributed by atoms with Gasteiger partial charge in [0.2, 0.25) is 5.75 Å². The highest BCUT2D eigenvalue weighted by Crippen LogP contribution is 2.47. The summed E-state index contributed by atoms with van der Waals surface area (Å²) in [4.78, 5) is 23.3. The van der Waals surface area contributed by atoms with Crippen LogP contribution in [0.3, 0.4) is 0 Å². The number of carbonyl (C=O) groups is 2. The Bertz CT molecular complexity index is 630. The number of fused-ring (bicyclic) bond motifs is 2. The van der Waals surface area contributed by atoms with E-state index in [0.717, 1.165) is 6.07 Å².